The highest BCUT2D eigenvalue weighted by Gasteiger charge is 2.30. The quantitative estimate of drug-likeness (QED) is 0.399. The van der Waals surface area contributed by atoms with Crippen LogP contribution in [0.4, 0.5) is 26.1 Å². The summed E-state index contributed by atoms with van der Waals surface area (Å²) in [6.07, 6.45) is 4.91. The lowest BCUT2D eigenvalue weighted by molar-refractivity contribution is -0.114. The zero-order valence-corrected chi connectivity index (χ0v) is 19.7. The van der Waals surface area contributed by atoms with Crippen LogP contribution in [-0.4, -0.2) is 44.5 Å². The van der Waals surface area contributed by atoms with Crippen LogP contribution in [0.15, 0.2) is 36.8 Å². The largest absolute Gasteiger partial charge is 0.493 e. The van der Waals surface area contributed by atoms with Gasteiger partial charge in [0.05, 0.1) is 37.5 Å². The number of alkyl halides is 2. The Kier molecular flexibility index (Phi) is 6.20. The molecule has 0 aliphatic rings. The molecule has 10 nitrogen and oxygen atoms in total. The van der Waals surface area contributed by atoms with E-state index in [9.17, 15) is 13.6 Å². The second kappa shape index (κ2) is 9.12. The van der Waals surface area contributed by atoms with Crippen LogP contribution < -0.4 is 20.1 Å². The number of halogens is 2. The van der Waals surface area contributed by atoms with Crippen molar-refractivity contribution >= 4 is 28.9 Å². The molecule has 4 rings (SSSR count). The van der Waals surface area contributed by atoms with Crippen LogP contribution in [0.3, 0.4) is 0 Å². The number of aryl methyl sites for hydroxylation is 1. The smallest absolute Gasteiger partial charge is 0.303 e. The molecule has 0 aliphatic carbocycles. The Morgan fingerprint density at radius 2 is 1.77 bits per heavy atom. The van der Waals surface area contributed by atoms with Crippen molar-refractivity contribution in [3.8, 4) is 22.8 Å². The molecule has 0 aliphatic heterocycles. The fourth-order valence-electron chi connectivity index (χ4n) is 3.43. The van der Waals surface area contributed by atoms with E-state index in [4.69, 9.17) is 9.47 Å². The van der Waals surface area contributed by atoms with Gasteiger partial charge < -0.3 is 24.5 Å². The first-order valence-corrected chi connectivity index (χ1v) is 10.5. The van der Waals surface area contributed by atoms with E-state index < -0.39 is 11.7 Å². The number of ether oxygens (including phenoxy) is 2. The van der Waals surface area contributed by atoms with Crippen molar-refractivity contribution < 1.29 is 23.0 Å². The summed E-state index contributed by atoms with van der Waals surface area (Å²) in [4.78, 5) is 28.1. The van der Waals surface area contributed by atoms with Crippen molar-refractivity contribution in [3.05, 3.63) is 48.3 Å². The Labute approximate surface area is 199 Å². The predicted octanol–water partition coefficient (Wildman–Crippen LogP) is 4.33. The summed E-state index contributed by atoms with van der Waals surface area (Å²) < 4.78 is 41.2. The van der Waals surface area contributed by atoms with Gasteiger partial charge in [-0.05, 0) is 13.0 Å². The first-order valence-electron chi connectivity index (χ1n) is 10.5. The number of nitrogens with one attached hydrogen (secondary N) is 2. The summed E-state index contributed by atoms with van der Waals surface area (Å²) in [6, 6.07) is 4.71. The second-order valence-corrected chi connectivity index (χ2v) is 7.84. The number of amides is 1. The fraction of sp³-hybridized carbons (Fsp3) is 0.261. The van der Waals surface area contributed by atoms with Crippen molar-refractivity contribution in [2.24, 2.45) is 0 Å². The van der Waals surface area contributed by atoms with Crippen LogP contribution >= 0.6 is 0 Å². The van der Waals surface area contributed by atoms with E-state index >= 15 is 0 Å². The molecule has 2 N–H and O–H groups in total. The maximum absolute atomic E-state index is 14.3. The number of rotatable bonds is 7. The number of nitrogens with zero attached hydrogens (tertiary/aromatic N) is 5. The number of carbonyl (C=O) groups excluding carboxylic acids is 1. The molecule has 1 amide bonds. The zero-order chi connectivity index (χ0) is 25.3. The van der Waals surface area contributed by atoms with Crippen LogP contribution in [-0.2, 0) is 10.7 Å². The molecule has 0 aromatic carbocycles. The molecule has 0 fully saturated rings. The number of hydrogen-bond donors (Lipinski definition) is 2. The van der Waals surface area contributed by atoms with E-state index in [0.29, 0.717) is 28.4 Å². The third-order valence-corrected chi connectivity index (χ3v) is 4.93. The topological polar surface area (TPSA) is 116 Å². The highest BCUT2D eigenvalue weighted by atomic mass is 19.3. The number of anilines is 3. The van der Waals surface area contributed by atoms with Crippen molar-refractivity contribution in [2.45, 2.75) is 26.7 Å². The maximum Gasteiger partial charge on any atom is 0.303 e. The Morgan fingerprint density at radius 1 is 1.03 bits per heavy atom. The van der Waals surface area contributed by atoms with Crippen LogP contribution in [0.2, 0.25) is 0 Å². The summed E-state index contributed by atoms with van der Waals surface area (Å²) in [7, 11) is 2.94. The van der Waals surface area contributed by atoms with E-state index in [1.165, 1.54) is 39.5 Å². The molecule has 4 aromatic rings. The SMILES string of the molecule is COc1cnc(NC(C)=O)cc1Nc1cc(-c2cc(OC)c3nc(C)cn3c2)nc(C(C)(F)F)n1. The van der Waals surface area contributed by atoms with Gasteiger partial charge in [-0.2, -0.15) is 8.78 Å². The van der Waals surface area contributed by atoms with Gasteiger partial charge in [0, 0.05) is 43.9 Å². The van der Waals surface area contributed by atoms with Crippen LogP contribution in [0.1, 0.15) is 25.4 Å². The Hall–Kier alpha value is -4.35. The Bertz CT molecular complexity index is 1420. The molecule has 0 saturated carbocycles. The minimum Gasteiger partial charge on any atom is -0.493 e. The fourth-order valence-corrected chi connectivity index (χ4v) is 3.43. The van der Waals surface area contributed by atoms with Crippen LogP contribution in [0, 0.1) is 6.92 Å². The minimum atomic E-state index is -3.31. The predicted molar refractivity (Wildman–Crippen MR) is 125 cm³/mol. The normalized spacial score (nSPS) is 11.4. The lowest BCUT2D eigenvalue weighted by Crippen LogP contribution is -2.14. The molecule has 4 heterocycles. The standard InChI is InChI=1S/C23H23F2N7O3/c1-12-10-32-11-14(6-17(34-4)21(32)27-12)15-7-20(31-22(30-15)23(3,24)25)29-16-8-19(28-13(2)33)26-9-18(16)35-5/h6-11H,1-5H3,(H2,26,28,29,30,31,33). The van der Waals surface area contributed by atoms with E-state index in [1.807, 2.05) is 6.92 Å². The van der Waals surface area contributed by atoms with Crippen molar-refractivity contribution in [1.29, 1.82) is 0 Å². The number of hydrogen-bond acceptors (Lipinski definition) is 8. The molecule has 0 unspecified atom stereocenters. The van der Waals surface area contributed by atoms with Gasteiger partial charge >= 0.3 is 5.92 Å². The number of aromatic nitrogens is 5. The van der Waals surface area contributed by atoms with Gasteiger partial charge in [-0.15, -0.1) is 0 Å². The molecule has 0 bridgehead atoms. The molecule has 0 atom stereocenters. The molecular formula is C23H23F2N7O3. The van der Waals surface area contributed by atoms with Gasteiger partial charge in [-0.3, -0.25) is 4.79 Å². The minimum absolute atomic E-state index is 0.0886. The van der Waals surface area contributed by atoms with Gasteiger partial charge in [-0.25, -0.2) is 19.9 Å². The highest BCUT2D eigenvalue weighted by Crippen LogP contribution is 2.34. The molecule has 182 valence electrons. The number of methoxy groups -OCH3 is 2. The van der Waals surface area contributed by atoms with Gasteiger partial charge in [0.1, 0.15) is 11.6 Å². The average Bonchev–Trinajstić information content (AvgIpc) is 3.17. The number of fused-ring (bicyclic) bond motifs is 1. The summed E-state index contributed by atoms with van der Waals surface area (Å²) in [5.74, 6) is -3.17. The third-order valence-electron chi connectivity index (χ3n) is 4.93. The average molecular weight is 483 g/mol. The van der Waals surface area contributed by atoms with Gasteiger partial charge in [0.2, 0.25) is 11.7 Å². The van der Waals surface area contributed by atoms with E-state index in [0.717, 1.165) is 12.6 Å². The van der Waals surface area contributed by atoms with Crippen LogP contribution in [0.5, 0.6) is 11.5 Å². The number of imidazole rings is 1. The number of pyridine rings is 2. The van der Waals surface area contributed by atoms with Gasteiger partial charge in [-0.1, -0.05) is 0 Å². The summed E-state index contributed by atoms with van der Waals surface area (Å²) in [5.41, 5.74) is 2.48. The third kappa shape index (κ3) is 5.10. The molecular weight excluding hydrogens is 460 g/mol. The molecule has 12 heteroatoms. The maximum atomic E-state index is 14.3. The molecule has 0 radical (unpaired) electrons. The lowest BCUT2D eigenvalue weighted by Gasteiger charge is -2.16. The summed E-state index contributed by atoms with van der Waals surface area (Å²) in [5, 5.41) is 5.54. The molecule has 4 aromatic heterocycles. The van der Waals surface area contributed by atoms with E-state index in [2.05, 4.69) is 30.6 Å². The Morgan fingerprint density at radius 3 is 2.43 bits per heavy atom. The van der Waals surface area contributed by atoms with Gasteiger partial charge in [0.15, 0.2) is 17.1 Å². The van der Waals surface area contributed by atoms with Crippen molar-refractivity contribution in [3.63, 3.8) is 0 Å². The molecule has 0 saturated heterocycles. The van der Waals surface area contributed by atoms with Crippen molar-refractivity contribution in [2.75, 3.05) is 24.9 Å². The van der Waals surface area contributed by atoms with Crippen molar-refractivity contribution in [1.82, 2.24) is 24.3 Å². The lowest BCUT2D eigenvalue weighted by atomic mass is 10.1. The summed E-state index contributed by atoms with van der Waals surface area (Å²) in [6.45, 7) is 3.91. The highest BCUT2D eigenvalue weighted by molar-refractivity contribution is 5.88. The van der Waals surface area contributed by atoms with Gasteiger partial charge in [0.25, 0.3) is 0 Å². The molecule has 35 heavy (non-hydrogen) atoms. The molecule has 0 spiro atoms. The first-order chi connectivity index (χ1) is 16.6. The van der Waals surface area contributed by atoms with E-state index in [-0.39, 0.29) is 23.2 Å². The van der Waals surface area contributed by atoms with Crippen LogP contribution in [0.25, 0.3) is 16.9 Å². The monoisotopic (exact) mass is 483 g/mol. The Balaban J connectivity index is 1.84. The zero-order valence-electron chi connectivity index (χ0n) is 19.7. The second-order valence-electron chi connectivity index (χ2n) is 7.84. The first kappa shape index (κ1) is 23.8. The number of carbonyl (C=O) groups is 1. The van der Waals surface area contributed by atoms with E-state index in [1.54, 1.807) is 22.9 Å². The summed E-state index contributed by atoms with van der Waals surface area (Å²) >= 11 is 0.